The van der Waals surface area contributed by atoms with E-state index in [1.165, 1.54) is 7.11 Å². The van der Waals surface area contributed by atoms with Crippen LogP contribution in [0.15, 0.2) is 24.3 Å². The van der Waals surface area contributed by atoms with Crippen molar-refractivity contribution in [3.8, 4) is 0 Å². The lowest BCUT2D eigenvalue weighted by atomic mass is 10.1. The lowest BCUT2D eigenvalue weighted by molar-refractivity contribution is -0.142. The second-order valence-corrected chi connectivity index (χ2v) is 2.91. The molecule has 4 heteroatoms. The van der Waals surface area contributed by atoms with Gasteiger partial charge >= 0.3 is 5.97 Å². The average Bonchev–Trinajstić information content (AvgIpc) is 2.17. The van der Waals surface area contributed by atoms with Crippen molar-refractivity contribution in [1.82, 2.24) is 0 Å². The van der Waals surface area contributed by atoms with Crippen molar-refractivity contribution < 1.29 is 9.53 Å². The van der Waals surface area contributed by atoms with Crippen LogP contribution in [-0.2, 0) is 9.53 Å². The van der Waals surface area contributed by atoms with Gasteiger partial charge in [0.1, 0.15) is 6.04 Å². The Balaban J connectivity index is 0.00000169. The molecule has 0 aliphatic rings. The number of methoxy groups -OCH3 is 1. The summed E-state index contributed by atoms with van der Waals surface area (Å²) in [6, 6.07) is 6.81. The van der Waals surface area contributed by atoms with Crippen molar-refractivity contribution >= 4 is 18.4 Å². The third-order valence-corrected chi connectivity index (χ3v) is 1.89. The topological polar surface area (TPSA) is 52.3 Å². The van der Waals surface area contributed by atoms with Gasteiger partial charge in [-0.1, -0.05) is 29.8 Å². The summed E-state index contributed by atoms with van der Waals surface area (Å²) in [4.78, 5) is 11.0. The summed E-state index contributed by atoms with van der Waals surface area (Å²) < 4.78 is 4.53. The Kier molecular flexibility index (Phi) is 5.20. The van der Waals surface area contributed by atoms with E-state index in [0.717, 1.165) is 11.1 Å². The Morgan fingerprint density at radius 1 is 1.36 bits per heavy atom. The van der Waals surface area contributed by atoms with Crippen LogP contribution in [0.4, 0.5) is 0 Å². The highest BCUT2D eigenvalue weighted by molar-refractivity contribution is 5.85. The molecular formula is C10H14ClNO2. The molecule has 0 fully saturated rings. The van der Waals surface area contributed by atoms with Crippen LogP contribution in [-0.4, -0.2) is 13.1 Å². The molecule has 1 rings (SSSR count). The number of rotatable bonds is 2. The van der Waals surface area contributed by atoms with Gasteiger partial charge in [-0.3, -0.25) is 4.79 Å². The summed E-state index contributed by atoms with van der Waals surface area (Å²) in [5.41, 5.74) is 7.54. The highest BCUT2D eigenvalue weighted by atomic mass is 35.5. The van der Waals surface area contributed by atoms with Gasteiger partial charge in [-0.05, 0) is 12.5 Å². The smallest absolute Gasteiger partial charge is 0.327 e. The molecule has 78 valence electrons. The number of hydrogen-bond acceptors (Lipinski definition) is 3. The van der Waals surface area contributed by atoms with Gasteiger partial charge in [0.05, 0.1) is 7.11 Å². The standard InChI is InChI=1S/C10H13NO2.ClH/c1-7-3-5-8(6-4-7)9(11)10(12)13-2;/h3-6,9H,11H2,1-2H3;1H/t9-;/m0./s1. The van der Waals surface area contributed by atoms with E-state index in [-0.39, 0.29) is 12.4 Å². The van der Waals surface area contributed by atoms with Gasteiger partial charge in [0.2, 0.25) is 0 Å². The second-order valence-electron chi connectivity index (χ2n) is 2.91. The second kappa shape index (κ2) is 5.62. The van der Waals surface area contributed by atoms with Crippen molar-refractivity contribution in [2.24, 2.45) is 5.73 Å². The summed E-state index contributed by atoms with van der Waals surface area (Å²) in [5, 5.41) is 0. The van der Waals surface area contributed by atoms with Crippen LogP contribution in [0.2, 0.25) is 0 Å². The maximum absolute atomic E-state index is 11.0. The SMILES string of the molecule is COC(=O)[C@@H](N)c1ccc(C)cc1.Cl. The minimum Gasteiger partial charge on any atom is -0.468 e. The molecule has 2 N–H and O–H groups in total. The molecule has 0 amide bonds. The van der Waals surface area contributed by atoms with Crippen molar-refractivity contribution in [2.75, 3.05) is 7.11 Å². The molecule has 1 atom stereocenters. The van der Waals surface area contributed by atoms with Crippen LogP contribution in [0.3, 0.4) is 0 Å². The summed E-state index contributed by atoms with van der Waals surface area (Å²) in [5.74, 6) is -0.413. The minimum atomic E-state index is -0.675. The molecule has 0 aromatic heterocycles. The lowest BCUT2D eigenvalue weighted by Crippen LogP contribution is -2.22. The number of carbonyl (C=O) groups is 1. The number of benzene rings is 1. The van der Waals surface area contributed by atoms with Crippen molar-refractivity contribution in [2.45, 2.75) is 13.0 Å². The first kappa shape index (κ1) is 12.9. The largest absolute Gasteiger partial charge is 0.468 e. The number of ether oxygens (including phenoxy) is 1. The Morgan fingerprint density at radius 2 is 1.86 bits per heavy atom. The third kappa shape index (κ3) is 3.01. The Hall–Kier alpha value is -1.06. The first-order valence-electron chi connectivity index (χ1n) is 4.05. The monoisotopic (exact) mass is 215 g/mol. The number of aryl methyl sites for hydroxylation is 1. The molecule has 0 unspecified atom stereocenters. The van der Waals surface area contributed by atoms with E-state index in [9.17, 15) is 4.79 Å². The maximum Gasteiger partial charge on any atom is 0.327 e. The van der Waals surface area contributed by atoms with Crippen molar-refractivity contribution in [3.05, 3.63) is 35.4 Å². The third-order valence-electron chi connectivity index (χ3n) is 1.89. The van der Waals surface area contributed by atoms with Crippen LogP contribution in [0.5, 0.6) is 0 Å². The molecule has 1 aromatic rings. The van der Waals surface area contributed by atoms with Crippen molar-refractivity contribution in [1.29, 1.82) is 0 Å². The molecule has 3 nitrogen and oxygen atoms in total. The summed E-state index contributed by atoms with van der Waals surface area (Å²) in [7, 11) is 1.33. The van der Waals surface area contributed by atoms with Gasteiger partial charge < -0.3 is 10.5 Å². The van der Waals surface area contributed by atoms with E-state index in [2.05, 4.69) is 4.74 Å². The zero-order valence-electron chi connectivity index (χ0n) is 8.19. The number of esters is 1. The van der Waals surface area contributed by atoms with Crippen LogP contribution in [0.1, 0.15) is 17.2 Å². The van der Waals surface area contributed by atoms with Crippen LogP contribution < -0.4 is 5.73 Å². The molecule has 0 aliphatic carbocycles. The number of halogens is 1. The van der Waals surface area contributed by atoms with Crippen LogP contribution in [0, 0.1) is 6.92 Å². The predicted molar refractivity (Wildman–Crippen MR) is 57.4 cm³/mol. The van der Waals surface area contributed by atoms with Gasteiger partial charge in [-0.2, -0.15) is 0 Å². The van der Waals surface area contributed by atoms with Gasteiger partial charge in [-0.25, -0.2) is 0 Å². The maximum atomic E-state index is 11.0. The van der Waals surface area contributed by atoms with Crippen molar-refractivity contribution in [3.63, 3.8) is 0 Å². The van der Waals surface area contributed by atoms with E-state index >= 15 is 0 Å². The van der Waals surface area contributed by atoms with E-state index < -0.39 is 12.0 Å². The number of carbonyl (C=O) groups excluding carboxylic acids is 1. The fourth-order valence-electron chi connectivity index (χ4n) is 1.04. The summed E-state index contributed by atoms with van der Waals surface area (Å²) >= 11 is 0. The van der Waals surface area contributed by atoms with Gasteiger partial charge in [0.15, 0.2) is 0 Å². The fourth-order valence-corrected chi connectivity index (χ4v) is 1.04. The summed E-state index contributed by atoms with van der Waals surface area (Å²) in [6.45, 7) is 1.98. The number of hydrogen-bond donors (Lipinski definition) is 1. The molecule has 0 bridgehead atoms. The quantitative estimate of drug-likeness (QED) is 0.763. The first-order valence-corrected chi connectivity index (χ1v) is 4.05. The van der Waals surface area contributed by atoms with Gasteiger partial charge in [0, 0.05) is 0 Å². The average molecular weight is 216 g/mol. The minimum absolute atomic E-state index is 0. The van der Waals surface area contributed by atoms with E-state index in [4.69, 9.17) is 5.73 Å². The number of nitrogens with two attached hydrogens (primary N) is 1. The highest BCUT2D eigenvalue weighted by Crippen LogP contribution is 2.12. The normalized spacial score (nSPS) is 11.4. The molecule has 1 aromatic carbocycles. The van der Waals surface area contributed by atoms with Crippen LogP contribution in [0.25, 0.3) is 0 Å². The Bertz CT molecular complexity index is 297. The van der Waals surface area contributed by atoms with E-state index in [1.807, 2.05) is 31.2 Å². The molecule has 0 saturated heterocycles. The molecule has 14 heavy (non-hydrogen) atoms. The Morgan fingerprint density at radius 3 is 2.29 bits per heavy atom. The Labute approximate surface area is 89.7 Å². The predicted octanol–water partition coefficient (Wildman–Crippen LogP) is 1.59. The first-order chi connectivity index (χ1) is 6.15. The van der Waals surface area contributed by atoms with Gasteiger partial charge in [-0.15, -0.1) is 12.4 Å². The highest BCUT2D eigenvalue weighted by Gasteiger charge is 2.15. The zero-order chi connectivity index (χ0) is 9.84. The van der Waals surface area contributed by atoms with Gasteiger partial charge in [0.25, 0.3) is 0 Å². The summed E-state index contributed by atoms with van der Waals surface area (Å²) in [6.07, 6.45) is 0. The van der Waals surface area contributed by atoms with E-state index in [0.29, 0.717) is 0 Å². The molecule has 0 saturated carbocycles. The van der Waals surface area contributed by atoms with E-state index in [1.54, 1.807) is 0 Å². The lowest BCUT2D eigenvalue weighted by Gasteiger charge is -2.09. The molecule has 0 aliphatic heterocycles. The molecule has 0 spiro atoms. The van der Waals surface area contributed by atoms with Crippen LogP contribution >= 0.6 is 12.4 Å². The zero-order valence-corrected chi connectivity index (χ0v) is 9.01. The molecule has 0 heterocycles. The fraction of sp³-hybridized carbons (Fsp3) is 0.300. The molecular weight excluding hydrogens is 202 g/mol. The molecule has 0 radical (unpaired) electrons.